The quantitative estimate of drug-likeness (QED) is 0.792. The number of likely N-dealkylation sites (tertiary alicyclic amines) is 1. The predicted molar refractivity (Wildman–Crippen MR) is 108 cm³/mol. The topological polar surface area (TPSA) is 53.9 Å². The summed E-state index contributed by atoms with van der Waals surface area (Å²) >= 11 is 1.47. The molecule has 5 nitrogen and oxygen atoms in total. The molecule has 27 heavy (non-hydrogen) atoms. The number of carbonyl (C=O) groups is 2. The van der Waals surface area contributed by atoms with Crippen LogP contribution < -0.4 is 10.2 Å². The van der Waals surface area contributed by atoms with Gasteiger partial charge >= 0.3 is 0 Å². The Morgan fingerprint density at radius 3 is 2.44 bits per heavy atom. The molecule has 2 heterocycles. The minimum absolute atomic E-state index is 0.00878. The van der Waals surface area contributed by atoms with Crippen molar-refractivity contribution < 1.29 is 14.5 Å². The fourth-order valence-corrected chi connectivity index (χ4v) is 4.23. The van der Waals surface area contributed by atoms with E-state index in [1.165, 1.54) is 16.2 Å². The Hall–Kier alpha value is -2.18. The number of likely N-dealkylation sites (N-methyl/N-ethyl adjacent to an activating group) is 1. The molecule has 1 saturated heterocycles. The molecule has 1 atom stereocenters. The van der Waals surface area contributed by atoms with Gasteiger partial charge in [0, 0.05) is 19.0 Å². The van der Waals surface area contributed by atoms with Crippen LogP contribution in [0.1, 0.15) is 34.1 Å². The lowest BCUT2D eigenvalue weighted by molar-refractivity contribution is -0.860. The van der Waals surface area contributed by atoms with Crippen molar-refractivity contribution in [1.29, 1.82) is 0 Å². The van der Waals surface area contributed by atoms with Crippen molar-refractivity contribution in [1.82, 2.24) is 10.2 Å². The summed E-state index contributed by atoms with van der Waals surface area (Å²) in [6, 6.07) is 13.9. The molecule has 1 fully saturated rings. The molecule has 144 valence electrons. The third kappa shape index (κ3) is 5.17. The fourth-order valence-electron chi connectivity index (χ4n) is 3.54. The monoisotopic (exact) mass is 386 g/mol. The second-order valence-corrected chi connectivity index (χ2v) is 8.37. The number of benzene rings is 1. The van der Waals surface area contributed by atoms with Gasteiger partial charge in [-0.05, 0) is 29.9 Å². The SMILES string of the molecule is C[NH+](C)C[C@H](NC(=O)C1CCN(C(=O)c2cccs2)CC1)c1ccccc1. The van der Waals surface area contributed by atoms with Crippen molar-refractivity contribution in [3.8, 4) is 0 Å². The van der Waals surface area contributed by atoms with E-state index >= 15 is 0 Å². The average Bonchev–Trinajstić information content (AvgIpc) is 3.22. The van der Waals surface area contributed by atoms with Gasteiger partial charge in [-0.2, -0.15) is 0 Å². The first-order valence-corrected chi connectivity index (χ1v) is 10.4. The second-order valence-electron chi connectivity index (χ2n) is 7.43. The number of thiophene rings is 1. The van der Waals surface area contributed by atoms with Gasteiger partial charge in [-0.15, -0.1) is 11.3 Å². The summed E-state index contributed by atoms with van der Waals surface area (Å²) in [5.41, 5.74) is 1.14. The molecule has 2 N–H and O–H groups in total. The smallest absolute Gasteiger partial charge is 0.263 e. The van der Waals surface area contributed by atoms with Crippen LogP contribution in [0, 0.1) is 5.92 Å². The summed E-state index contributed by atoms with van der Waals surface area (Å²) in [5.74, 6) is 0.163. The number of hydrogen-bond acceptors (Lipinski definition) is 3. The summed E-state index contributed by atoms with van der Waals surface area (Å²) in [4.78, 5) is 29.2. The normalized spacial score (nSPS) is 16.3. The molecule has 2 aromatic rings. The zero-order chi connectivity index (χ0) is 19.2. The van der Waals surface area contributed by atoms with Crippen LogP contribution >= 0.6 is 11.3 Å². The van der Waals surface area contributed by atoms with E-state index in [-0.39, 0.29) is 23.8 Å². The Labute approximate surface area is 165 Å². The Bertz CT molecular complexity index is 738. The van der Waals surface area contributed by atoms with E-state index in [1.54, 1.807) is 0 Å². The van der Waals surface area contributed by atoms with Crippen LogP contribution in [0.3, 0.4) is 0 Å². The minimum Gasteiger partial charge on any atom is -0.343 e. The van der Waals surface area contributed by atoms with Crippen LogP contribution in [0.2, 0.25) is 0 Å². The molecule has 0 bridgehead atoms. The Morgan fingerprint density at radius 2 is 1.85 bits per heavy atom. The van der Waals surface area contributed by atoms with Crippen molar-refractivity contribution >= 4 is 23.2 Å². The molecule has 0 spiro atoms. The number of hydrogen-bond donors (Lipinski definition) is 2. The first-order valence-electron chi connectivity index (χ1n) is 9.51. The van der Waals surface area contributed by atoms with Crippen molar-refractivity contribution in [2.45, 2.75) is 18.9 Å². The minimum atomic E-state index is -0.0271. The lowest BCUT2D eigenvalue weighted by Crippen LogP contribution is -3.06. The van der Waals surface area contributed by atoms with Crippen molar-refractivity contribution in [2.75, 3.05) is 33.7 Å². The van der Waals surface area contributed by atoms with Crippen LogP contribution in [0.5, 0.6) is 0 Å². The van der Waals surface area contributed by atoms with Crippen LogP contribution in [0.25, 0.3) is 0 Å². The molecule has 1 aromatic carbocycles. The number of quaternary nitrogens is 1. The average molecular weight is 387 g/mol. The first kappa shape index (κ1) is 19.6. The third-order valence-electron chi connectivity index (χ3n) is 5.02. The first-order chi connectivity index (χ1) is 13.0. The maximum Gasteiger partial charge on any atom is 0.263 e. The Morgan fingerprint density at radius 1 is 1.15 bits per heavy atom. The van der Waals surface area contributed by atoms with Crippen molar-refractivity contribution in [2.24, 2.45) is 5.92 Å². The zero-order valence-electron chi connectivity index (χ0n) is 16.0. The van der Waals surface area contributed by atoms with Gasteiger partial charge in [-0.25, -0.2) is 0 Å². The highest BCUT2D eigenvalue weighted by Crippen LogP contribution is 2.22. The molecule has 1 aliphatic heterocycles. The number of carbonyl (C=O) groups excluding carboxylic acids is 2. The van der Waals surface area contributed by atoms with Gasteiger partial charge < -0.3 is 15.1 Å². The number of nitrogens with one attached hydrogen (secondary N) is 2. The summed E-state index contributed by atoms with van der Waals surface area (Å²) in [5, 5.41) is 5.17. The van der Waals surface area contributed by atoms with Gasteiger partial charge in [0.05, 0.1) is 19.0 Å². The molecule has 2 amide bonds. The second kappa shape index (κ2) is 9.15. The van der Waals surface area contributed by atoms with Crippen molar-refractivity contribution in [3.63, 3.8) is 0 Å². The van der Waals surface area contributed by atoms with E-state index in [2.05, 4.69) is 31.5 Å². The van der Waals surface area contributed by atoms with Crippen LogP contribution in [-0.4, -0.2) is 50.4 Å². The van der Waals surface area contributed by atoms with Gasteiger partial charge in [0.2, 0.25) is 5.91 Å². The van der Waals surface area contributed by atoms with E-state index < -0.39 is 0 Å². The zero-order valence-corrected chi connectivity index (χ0v) is 16.8. The summed E-state index contributed by atoms with van der Waals surface area (Å²) in [7, 11) is 4.19. The van der Waals surface area contributed by atoms with Gasteiger partial charge in [-0.3, -0.25) is 9.59 Å². The molecular formula is C21H28N3O2S+. The summed E-state index contributed by atoms with van der Waals surface area (Å²) in [6.07, 6.45) is 1.44. The number of rotatable bonds is 6. The third-order valence-corrected chi connectivity index (χ3v) is 5.87. The molecule has 0 unspecified atom stereocenters. The van der Waals surface area contributed by atoms with E-state index in [9.17, 15) is 9.59 Å². The van der Waals surface area contributed by atoms with E-state index in [0.717, 1.165) is 29.8 Å². The van der Waals surface area contributed by atoms with Crippen LogP contribution in [-0.2, 0) is 4.79 Å². The Balaban J connectivity index is 1.57. The molecule has 1 aromatic heterocycles. The molecule has 6 heteroatoms. The van der Waals surface area contributed by atoms with Gasteiger partial charge in [0.1, 0.15) is 12.6 Å². The number of amides is 2. The number of nitrogens with zero attached hydrogens (tertiary/aromatic N) is 1. The molecule has 1 aliphatic rings. The molecule has 0 aliphatic carbocycles. The molecule has 3 rings (SSSR count). The summed E-state index contributed by atoms with van der Waals surface area (Å²) < 4.78 is 0. The fraction of sp³-hybridized carbons (Fsp3) is 0.429. The maximum absolute atomic E-state index is 12.8. The Kier molecular flexibility index (Phi) is 6.63. The van der Waals surface area contributed by atoms with E-state index in [4.69, 9.17) is 0 Å². The highest BCUT2D eigenvalue weighted by atomic mass is 32.1. The van der Waals surface area contributed by atoms with E-state index in [0.29, 0.717) is 13.1 Å². The largest absolute Gasteiger partial charge is 0.343 e. The van der Waals surface area contributed by atoms with Gasteiger partial charge in [-0.1, -0.05) is 36.4 Å². The van der Waals surface area contributed by atoms with Gasteiger partial charge in [0.25, 0.3) is 5.91 Å². The van der Waals surface area contributed by atoms with Crippen LogP contribution in [0.4, 0.5) is 0 Å². The number of piperidine rings is 1. The van der Waals surface area contributed by atoms with Gasteiger partial charge in [0.15, 0.2) is 0 Å². The highest BCUT2D eigenvalue weighted by Gasteiger charge is 2.30. The lowest BCUT2D eigenvalue weighted by Gasteiger charge is -2.32. The molecule has 0 saturated carbocycles. The highest BCUT2D eigenvalue weighted by molar-refractivity contribution is 7.12. The predicted octanol–water partition coefficient (Wildman–Crippen LogP) is 1.60. The van der Waals surface area contributed by atoms with E-state index in [1.807, 2.05) is 40.6 Å². The molecule has 0 radical (unpaired) electrons. The maximum atomic E-state index is 12.8. The molecular weight excluding hydrogens is 358 g/mol. The van der Waals surface area contributed by atoms with Crippen LogP contribution in [0.15, 0.2) is 47.8 Å². The van der Waals surface area contributed by atoms with Crippen molar-refractivity contribution in [3.05, 3.63) is 58.3 Å². The summed E-state index contributed by atoms with van der Waals surface area (Å²) in [6.45, 7) is 2.12. The standard InChI is InChI=1S/C21H27N3O2S/c1-23(2)15-18(16-7-4-3-5-8-16)22-20(25)17-10-12-24(13-11-17)21(26)19-9-6-14-27-19/h3-9,14,17-18H,10-13,15H2,1-2H3,(H,22,25)/p+1/t18-/m0/s1. The lowest BCUT2D eigenvalue weighted by atomic mass is 9.94.